The largest absolute Gasteiger partial charge is 0.497 e. The number of nitro groups is 1. The Labute approximate surface area is 273 Å². The smallest absolute Gasteiger partial charge is 0.338 e. The van der Waals surface area contributed by atoms with E-state index in [1.54, 1.807) is 50.4 Å². The van der Waals surface area contributed by atoms with Crippen molar-refractivity contribution in [3.05, 3.63) is 161 Å². The summed E-state index contributed by atoms with van der Waals surface area (Å²) in [7, 11) is 1.57. The van der Waals surface area contributed by atoms with Gasteiger partial charge in [-0.05, 0) is 54.5 Å². The zero-order valence-electron chi connectivity index (χ0n) is 25.5. The van der Waals surface area contributed by atoms with E-state index >= 15 is 0 Å². The van der Waals surface area contributed by atoms with E-state index in [9.17, 15) is 19.7 Å². The number of hydrogen-bond acceptors (Lipinski definition) is 9. The van der Waals surface area contributed by atoms with Crippen molar-refractivity contribution < 1.29 is 23.9 Å². The first-order valence-electron chi connectivity index (χ1n) is 14.8. The minimum Gasteiger partial charge on any atom is -0.497 e. The Morgan fingerprint density at radius 2 is 1.68 bits per heavy atom. The highest BCUT2D eigenvalue weighted by Crippen LogP contribution is 2.35. The molecule has 11 heteroatoms. The minimum atomic E-state index is -0.817. The third kappa shape index (κ3) is 6.47. The number of para-hydroxylation sites is 1. The van der Waals surface area contributed by atoms with Gasteiger partial charge in [0.2, 0.25) is 0 Å². The fourth-order valence-electron chi connectivity index (χ4n) is 5.29. The quantitative estimate of drug-likeness (QED) is 0.113. The van der Waals surface area contributed by atoms with E-state index in [1.165, 1.54) is 28.0 Å². The molecule has 47 heavy (non-hydrogen) atoms. The summed E-state index contributed by atoms with van der Waals surface area (Å²) < 4.78 is 18.9. The summed E-state index contributed by atoms with van der Waals surface area (Å²) in [6, 6.07) is 29.2. The first kappa shape index (κ1) is 31.2. The molecule has 236 valence electrons. The number of methoxy groups -OCH3 is 1. The average molecular weight is 648 g/mol. The first-order valence-corrected chi connectivity index (χ1v) is 15.6. The van der Waals surface area contributed by atoms with Gasteiger partial charge in [0.15, 0.2) is 4.80 Å². The van der Waals surface area contributed by atoms with Gasteiger partial charge in [-0.1, -0.05) is 72.0 Å². The highest BCUT2D eigenvalue weighted by Gasteiger charge is 2.35. The van der Waals surface area contributed by atoms with E-state index < -0.39 is 16.9 Å². The van der Waals surface area contributed by atoms with Crippen molar-refractivity contribution in [2.24, 2.45) is 4.99 Å². The van der Waals surface area contributed by atoms with E-state index in [2.05, 4.69) is 0 Å². The molecule has 0 bridgehead atoms. The van der Waals surface area contributed by atoms with E-state index in [0.29, 0.717) is 37.7 Å². The number of rotatable bonds is 10. The van der Waals surface area contributed by atoms with Gasteiger partial charge in [0.25, 0.3) is 11.2 Å². The van der Waals surface area contributed by atoms with Gasteiger partial charge in [-0.15, -0.1) is 0 Å². The number of thiazole rings is 1. The van der Waals surface area contributed by atoms with Crippen LogP contribution in [0.3, 0.4) is 0 Å². The fraction of sp³-hybridized carbons (Fsp3) is 0.139. The molecule has 1 aliphatic rings. The third-order valence-corrected chi connectivity index (χ3v) is 8.54. The Morgan fingerprint density at radius 3 is 2.36 bits per heavy atom. The lowest BCUT2D eigenvalue weighted by Gasteiger charge is -2.26. The van der Waals surface area contributed by atoms with Crippen molar-refractivity contribution in [2.45, 2.75) is 19.6 Å². The summed E-state index contributed by atoms with van der Waals surface area (Å²) in [5.41, 5.74) is 3.19. The fourth-order valence-corrected chi connectivity index (χ4v) is 6.28. The van der Waals surface area contributed by atoms with Crippen molar-refractivity contribution in [1.29, 1.82) is 0 Å². The van der Waals surface area contributed by atoms with E-state index in [0.717, 1.165) is 11.1 Å². The van der Waals surface area contributed by atoms with Crippen molar-refractivity contribution in [1.82, 2.24) is 4.57 Å². The molecule has 0 saturated heterocycles. The molecular weight excluding hydrogens is 618 g/mol. The molecule has 4 aromatic carbocycles. The van der Waals surface area contributed by atoms with Gasteiger partial charge in [-0.2, -0.15) is 0 Å². The molecule has 1 aliphatic heterocycles. The minimum absolute atomic E-state index is 0.000921. The Hall–Kier alpha value is -5.81. The monoisotopic (exact) mass is 647 g/mol. The van der Waals surface area contributed by atoms with Crippen molar-refractivity contribution in [2.75, 3.05) is 13.7 Å². The second kappa shape index (κ2) is 13.7. The van der Waals surface area contributed by atoms with Crippen LogP contribution in [0.2, 0.25) is 0 Å². The molecule has 0 radical (unpaired) electrons. The van der Waals surface area contributed by atoms with Gasteiger partial charge in [-0.25, -0.2) is 9.79 Å². The van der Waals surface area contributed by atoms with E-state index in [-0.39, 0.29) is 30.0 Å². The number of benzene rings is 4. The molecule has 0 saturated carbocycles. The van der Waals surface area contributed by atoms with Crippen molar-refractivity contribution in [3.8, 4) is 11.5 Å². The molecule has 0 spiro atoms. The molecule has 2 heterocycles. The Kier molecular flexibility index (Phi) is 9.07. The Bertz CT molecular complexity index is 2150. The number of esters is 1. The molecule has 1 atom stereocenters. The van der Waals surface area contributed by atoms with Gasteiger partial charge in [-0.3, -0.25) is 19.5 Å². The molecular formula is C36H29N3O7S. The van der Waals surface area contributed by atoms with Crippen LogP contribution in [-0.2, 0) is 16.1 Å². The highest BCUT2D eigenvalue weighted by molar-refractivity contribution is 7.07. The van der Waals surface area contributed by atoms with E-state index in [1.807, 2.05) is 60.7 Å². The number of hydrogen-bond donors (Lipinski definition) is 0. The lowest BCUT2D eigenvalue weighted by atomic mass is 9.93. The van der Waals surface area contributed by atoms with Crippen LogP contribution in [0.5, 0.6) is 11.5 Å². The number of non-ortho nitro benzene ring substituents is 1. The second-order valence-electron chi connectivity index (χ2n) is 10.5. The number of aromatic nitrogens is 1. The van der Waals surface area contributed by atoms with Gasteiger partial charge >= 0.3 is 5.97 Å². The SMILES string of the molecule is CCOC(=O)C1=C(c2ccccc2)N=c2s/c(=C/c3ccccc3OCc3ccc([N+](=O)[O-])cc3)c(=O)n2[C@@H]1c1ccc(OC)cc1. The lowest BCUT2D eigenvalue weighted by molar-refractivity contribution is -0.384. The van der Waals surface area contributed by atoms with Crippen LogP contribution in [-0.4, -0.2) is 29.2 Å². The summed E-state index contributed by atoms with van der Waals surface area (Å²) >= 11 is 1.21. The first-order chi connectivity index (χ1) is 22.9. The summed E-state index contributed by atoms with van der Waals surface area (Å²) in [5, 5.41) is 11.0. The highest BCUT2D eigenvalue weighted by atomic mass is 32.1. The standard InChI is InChI=1S/C36H29N3O7S/c1-3-45-35(41)31-32(24-9-5-4-6-10-24)37-36-38(33(31)25-15-19-28(44-2)20-16-25)34(40)30(47-36)21-26-11-7-8-12-29(26)46-22-23-13-17-27(18-14-23)39(42)43/h4-21,33H,3,22H2,1-2H3/b30-21+/t33-/m1/s1. The van der Waals surface area contributed by atoms with Gasteiger partial charge < -0.3 is 14.2 Å². The average Bonchev–Trinajstić information content (AvgIpc) is 3.41. The molecule has 0 aliphatic carbocycles. The van der Waals surface area contributed by atoms with Crippen molar-refractivity contribution in [3.63, 3.8) is 0 Å². The number of nitro benzene ring substituents is 1. The third-order valence-electron chi connectivity index (χ3n) is 7.55. The topological polar surface area (TPSA) is 122 Å². The van der Waals surface area contributed by atoms with Crippen LogP contribution in [0.1, 0.15) is 35.2 Å². The zero-order valence-corrected chi connectivity index (χ0v) is 26.3. The Morgan fingerprint density at radius 1 is 0.979 bits per heavy atom. The van der Waals surface area contributed by atoms with Gasteiger partial charge in [0, 0.05) is 23.3 Å². The van der Waals surface area contributed by atoms with Crippen LogP contribution in [0.25, 0.3) is 11.8 Å². The molecule has 1 aromatic heterocycles. The predicted octanol–water partition coefficient (Wildman–Crippen LogP) is 5.43. The number of fused-ring (bicyclic) bond motifs is 1. The number of carbonyl (C=O) groups is 1. The number of nitrogens with zero attached hydrogens (tertiary/aromatic N) is 3. The maximum absolute atomic E-state index is 14.3. The molecule has 0 unspecified atom stereocenters. The molecule has 0 amide bonds. The van der Waals surface area contributed by atoms with Gasteiger partial charge in [0.05, 0.1) is 40.5 Å². The predicted molar refractivity (Wildman–Crippen MR) is 178 cm³/mol. The Balaban J connectivity index is 1.48. The molecule has 10 nitrogen and oxygen atoms in total. The maximum Gasteiger partial charge on any atom is 0.338 e. The normalized spacial score (nSPS) is 14.3. The molecule has 0 fully saturated rings. The number of ether oxygens (including phenoxy) is 3. The summed E-state index contributed by atoms with van der Waals surface area (Å²) in [6.45, 7) is 2.06. The molecule has 0 N–H and O–H groups in total. The maximum atomic E-state index is 14.3. The van der Waals surface area contributed by atoms with Crippen LogP contribution in [0, 0.1) is 10.1 Å². The van der Waals surface area contributed by atoms with Crippen LogP contribution in [0.4, 0.5) is 5.69 Å². The van der Waals surface area contributed by atoms with Crippen LogP contribution < -0.4 is 24.4 Å². The summed E-state index contributed by atoms with van der Waals surface area (Å²) in [4.78, 5) is 43.8. The molecule has 5 aromatic rings. The van der Waals surface area contributed by atoms with Gasteiger partial charge in [0.1, 0.15) is 18.1 Å². The van der Waals surface area contributed by atoms with Crippen LogP contribution >= 0.6 is 11.3 Å². The number of carbonyl (C=O) groups excluding carboxylic acids is 1. The summed E-state index contributed by atoms with van der Waals surface area (Å²) in [5.74, 6) is 0.604. The summed E-state index contributed by atoms with van der Waals surface area (Å²) in [6.07, 6.45) is 1.75. The lowest BCUT2D eigenvalue weighted by Crippen LogP contribution is -2.40. The zero-order chi connectivity index (χ0) is 32.9. The molecule has 6 rings (SSSR count). The van der Waals surface area contributed by atoms with Crippen LogP contribution in [0.15, 0.2) is 118 Å². The van der Waals surface area contributed by atoms with E-state index in [4.69, 9.17) is 19.2 Å². The van der Waals surface area contributed by atoms with Crippen molar-refractivity contribution >= 4 is 34.8 Å². The second-order valence-corrected chi connectivity index (χ2v) is 11.5.